The van der Waals surface area contributed by atoms with E-state index < -0.39 is 0 Å². The summed E-state index contributed by atoms with van der Waals surface area (Å²) in [5, 5.41) is 16.9. The number of nitrogens with zero attached hydrogens (tertiary/aromatic N) is 3. The Labute approximate surface area is 107 Å². The third-order valence-corrected chi connectivity index (χ3v) is 2.95. The lowest BCUT2D eigenvalue weighted by Gasteiger charge is -2.02. The summed E-state index contributed by atoms with van der Waals surface area (Å²) in [7, 11) is 0. The number of hydrogen-bond acceptors (Lipinski definition) is 3. The molecule has 1 aromatic heterocycles. The zero-order chi connectivity index (χ0) is 12.8. The van der Waals surface area contributed by atoms with Crippen LogP contribution in [0.25, 0.3) is 0 Å². The van der Waals surface area contributed by atoms with Crippen LogP contribution in [0.3, 0.4) is 0 Å². The van der Waals surface area contributed by atoms with Crippen molar-refractivity contribution < 1.29 is 5.11 Å². The molecule has 0 aliphatic carbocycles. The monoisotopic (exact) mass is 245 g/mol. The van der Waals surface area contributed by atoms with Crippen molar-refractivity contribution in [2.75, 3.05) is 6.61 Å². The molecule has 0 spiro atoms. The highest BCUT2D eigenvalue weighted by Gasteiger charge is 2.01. The number of rotatable bonds is 6. The molecule has 2 aromatic rings. The molecule has 1 heterocycles. The molecule has 0 aliphatic heterocycles. The van der Waals surface area contributed by atoms with Crippen LogP contribution in [0.4, 0.5) is 0 Å². The van der Waals surface area contributed by atoms with Crippen LogP contribution in [0.5, 0.6) is 0 Å². The van der Waals surface area contributed by atoms with Gasteiger partial charge in [0.05, 0.1) is 12.2 Å². The first-order valence-electron chi connectivity index (χ1n) is 6.39. The number of aryl methyl sites for hydroxylation is 2. The fourth-order valence-corrected chi connectivity index (χ4v) is 1.86. The summed E-state index contributed by atoms with van der Waals surface area (Å²) in [6.45, 7) is 3.10. The van der Waals surface area contributed by atoms with E-state index in [2.05, 4.69) is 41.5 Å². The minimum absolute atomic E-state index is 0.200. The highest BCUT2D eigenvalue weighted by atomic mass is 16.2. The maximum atomic E-state index is 8.76. The number of hydrogen-bond donors (Lipinski definition) is 1. The van der Waals surface area contributed by atoms with Crippen LogP contribution in [0.1, 0.15) is 30.2 Å². The Morgan fingerprint density at radius 2 is 1.89 bits per heavy atom. The molecule has 0 fully saturated rings. The van der Waals surface area contributed by atoms with Crippen LogP contribution in [0.2, 0.25) is 0 Å². The Morgan fingerprint density at radius 1 is 1.17 bits per heavy atom. The molecule has 1 aromatic carbocycles. The standard InChI is InChI=1S/C14H19N3O/c1-2-12-5-7-13(8-6-12)10-17-11-14(15-16-17)4-3-9-18/h5-8,11,18H,2-4,9-10H2,1H3. The van der Waals surface area contributed by atoms with E-state index in [1.54, 1.807) is 0 Å². The molecule has 4 nitrogen and oxygen atoms in total. The van der Waals surface area contributed by atoms with E-state index in [9.17, 15) is 0 Å². The first-order valence-corrected chi connectivity index (χ1v) is 6.39. The van der Waals surface area contributed by atoms with Gasteiger partial charge in [-0.15, -0.1) is 5.10 Å². The van der Waals surface area contributed by atoms with Gasteiger partial charge in [0, 0.05) is 12.8 Å². The Hall–Kier alpha value is -1.68. The summed E-state index contributed by atoms with van der Waals surface area (Å²) in [5.41, 5.74) is 3.51. The molecule has 0 bridgehead atoms. The normalized spacial score (nSPS) is 10.8. The Balaban J connectivity index is 1.97. The van der Waals surface area contributed by atoms with E-state index in [0.717, 1.165) is 31.5 Å². The summed E-state index contributed by atoms with van der Waals surface area (Å²) in [4.78, 5) is 0. The highest BCUT2D eigenvalue weighted by Crippen LogP contribution is 2.07. The molecule has 0 saturated heterocycles. The zero-order valence-corrected chi connectivity index (χ0v) is 10.7. The summed E-state index contributed by atoms with van der Waals surface area (Å²) in [5.74, 6) is 0. The third kappa shape index (κ3) is 3.40. The second kappa shape index (κ2) is 6.31. The Kier molecular flexibility index (Phi) is 4.47. The quantitative estimate of drug-likeness (QED) is 0.844. The summed E-state index contributed by atoms with van der Waals surface area (Å²) >= 11 is 0. The van der Waals surface area contributed by atoms with Gasteiger partial charge in [0.25, 0.3) is 0 Å². The van der Waals surface area contributed by atoms with Crippen molar-refractivity contribution in [3.63, 3.8) is 0 Å². The lowest BCUT2D eigenvalue weighted by Crippen LogP contribution is -2.00. The van der Waals surface area contributed by atoms with Gasteiger partial charge in [-0.1, -0.05) is 36.4 Å². The topological polar surface area (TPSA) is 50.9 Å². The lowest BCUT2D eigenvalue weighted by molar-refractivity contribution is 0.288. The predicted octanol–water partition coefficient (Wildman–Crippen LogP) is 1.81. The van der Waals surface area contributed by atoms with E-state index in [1.165, 1.54) is 11.1 Å². The van der Waals surface area contributed by atoms with Gasteiger partial charge in [-0.3, -0.25) is 0 Å². The van der Waals surface area contributed by atoms with Gasteiger partial charge in [0.2, 0.25) is 0 Å². The maximum absolute atomic E-state index is 8.76. The van der Waals surface area contributed by atoms with Crippen LogP contribution < -0.4 is 0 Å². The maximum Gasteiger partial charge on any atom is 0.0828 e. The van der Waals surface area contributed by atoms with Crippen LogP contribution in [0, 0.1) is 0 Å². The number of aromatic nitrogens is 3. The first kappa shape index (κ1) is 12.8. The Bertz CT molecular complexity index is 476. The average Bonchev–Trinajstić information content (AvgIpc) is 2.85. The molecule has 0 amide bonds. The largest absolute Gasteiger partial charge is 0.396 e. The van der Waals surface area contributed by atoms with Crippen LogP contribution in [0.15, 0.2) is 30.5 Å². The van der Waals surface area contributed by atoms with Crippen molar-refractivity contribution in [2.24, 2.45) is 0 Å². The molecule has 0 unspecified atom stereocenters. The second-order valence-electron chi connectivity index (χ2n) is 4.40. The SMILES string of the molecule is CCc1ccc(Cn2cc(CCCO)nn2)cc1. The summed E-state index contributed by atoms with van der Waals surface area (Å²) in [6.07, 6.45) is 4.54. The van der Waals surface area contributed by atoms with Crippen molar-refractivity contribution >= 4 is 0 Å². The smallest absolute Gasteiger partial charge is 0.0828 e. The van der Waals surface area contributed by atoms with Gasteiger partial charge in [-0.05, 0) is 30.4 Å². The van der Waals surface area contributed by atoms with E-state index in [1.807, 2.05) is 10.9 Å². The van der Waals surface area contributed by atoms with Crippen molar-refractivity contribution in [1.29, 1.82) is 0 Å². The number of aliphatic hydroxyl groups is 1. The molecule has 96 valence electrons. The van der Waals surface area contributed by atoms with Gasteiger partial charge in [-0.2, -0.15) is 0 Å². The fraction of sp³-hybridized carbons (Fsp3) is 0.429. The molecule has 18 heavy (non-hydrogen) atoms. The molecule has 0 saturated carbocycles. The van der Waals surface area contributed by atoms with Gasteiger partial charge in [-0.25, -0.2) is 4.68 Å². The minimum Gasteiger partial charge on any atom is -0.396 e. The molecule has 0 radical (unpaired) electrons. The zero-order valence-electron chi connectivity index (χ0n) is 10.7. The van der Waals surface area contributed by atoms with Gasteiger partial charge < -0.3 is 5.11 Å². The fourth-order valence-electron chi connectivity index (χ4n) is 1.86. The molecule has 0 atom stereocenters. The van der Waals surface area contributed by atoms with E-state index >= 15 is 0 Å². The van der Waals surface area contributed by atoms with Gasteiger partial charge in [0.15, 0.2) is 0 Å². The highest BCUT2D eigenvalue weighted by molar-refractivity contribution is 5.22. The number of aliphatic hydroxyl groups excluding tert-OH is 1. The van der Waals surface area contributed by atoms with Crippen molar-refractivity contribution in [2.45, 2.75) is 32.7 Å². The first-order chi connectivity index (χ1) is 8.81. The third-order valence-electron chi connectivity index (χ3n) is 2.95. The van der Waals surface area contributed by atoms with E-state index in [-0.39, 0.29) is 6.61 Å². The Morgan fingerprint density at radius 3 is 2.56 bits per heavy atom. The van der Waals surface area contributed by atoms with E-state index in [4.69, 9.17) is 5.11 Å². The average molecular weight is 245 g/mol. The summed E-state index contributed by atoms with van der Waals surface area (Å²) < 4.78 is 1.84. The predicted molar refractivity (Wildman–Crippen MR) is 70.4 cm³/mol. The van der Waals surface area contributed by atoms with Gasteiger partial charge >= 0.3 is 0 Å². The molecule has 1 N–H and O–H groups in total. The molecular weight excluding hydrogens is 226 g/mol. The van der Waals surface area contributed by atoms with Crippen molar-refractivity contribution in [1.82, 2.24) is 15.0 Å². The van der Waals surface area contributed by atoms with Crippen LogP contribution in [-0.2, 0) is 19.4 Å². The van der Waals surface area contributed by atoms with Crippen molar-refractivity contribution in [3.8, 4) is 0 Å². The minimum atomic E-state index is 0.200. The molecular formula is C14H19N3O. The van der Waals surface area contributed by atoms with Crippen LogP contribution in [-0.4, -0.2) is 26.7 Å². The summed E-state index contributed by atoms with van der Waals surface area (Å²) in [6, 6.07) is 8.57. The molecule has 4 heteroatoms. The van der Waals surface area contributed by atoms with Crippen molar-refractivity contribution in [3.05, 3.63) is 47.3 Å². The lowest BCUT2D eigenvalue weighted by atomic mass is 10.1. The molecule has 0 aliphatic rings. The van der Waals surface area contributed by atoms with Gasteiger partial charge in [0.1, 0.15) is 0 Å². The second-order valence-corrected chi connectivity index (χ2v) is 4.40. The number of benzene rings is 1. The van der Waals surface area contributed by atoms with Crippen LogP contribution >= 0.6 is 0 Å². The van der Waals surface area contributed by atoms with E-state index in [0.29, 0.717) is 0 Å². The molecule has 2 rings (SSSR count).